The molecule has 88 valence electrons. The van der Waals surface area contributed by atoms with Gasteiger partial charge >= 0.3 is 5.97 Å². The lowest BCUT2D eigenvalue weighted by molar-refractivity contribution is 0.0702. The quantitative estimate of drug-likeness (QED) is 0.681. The highest BCUT2D eigenvalue weighted by atomic mass is 32.2. The summed E-state index contributed by atoms with van der Waals surface area (Å²) in [5.74, 6) is -0.182. The molecule has 17 heavy (non-hydrogen) atoms. The van der Waals surface area contributed by atoms with Crippen LogP contribution >= 0.6 is 23.1 Å². The summed E-state index contributed by atoms with van der Waals surface area (Å²) in [5, 5.41) is 9.50. The van der Waals surface area contributed by atoms with Crippen LogP contribution in [-0.2, 0) is 5.75 Å². The van der Waals surface area contributed by atoms with Crippen LogP contribution in [-0.4, -0.2) is 21.0 Å². The molecule has 2 aromatic heterocycles. The van der Waals surface area contributed by atoms with Gasteiger partial charge in [-0.3, -0.25) is 0 Å². The Morgan fingerprint density at radius 2 is 2.12 bits per heavy atom. The van der Waals surface area contributed by atoms with E-state index in [-0.39, 0.29) is 0 Å². The number of aromatic nitrogens is 2. The number of carboxylic acid groups (broad SMARTS) is 1. The number of thioether (sulfide) groups is 1. The van der Waals surface area contributed by atoms with Crippen molar-refractivity contribution in [2.24, 2.45) is 0 Å². The van der Waals surface area contributed by atoms with E-state index in [4.69, 9.17) is 5.11 Å². The summed E-state index contributed by atoms with van der Waals surface area (Å²) in [4.78, 5) is 20.4. The summed E-state index contributed by atoms with van der Waals surface area (Å²) in [5.41, 5.74) is 1.03. The van der Waals surface area contributed by atoms with Crippen molar-refractivity contribution in [3.63, 3.8) is 0 Å². The van der Waals surface area contributed by atoms with Crippen molar-refractivity contribution >= 4 is 29.1 Å². The zero-order valence-electron chi connectivity index (χ0n) is 9.08. The van der Waals surface area contributed by atoms with Crippen molar-refractivity contribution in [1.29, 1.82) is 0 Å². The standard InChI is InChI=1S/C11H10N2O2S2/c1-7-4-12-11(13-5-7)16-6-8-2-3-9(17-8)10(14)15/h2-5H,6H2,1H3,(H,14,15). The summed E-state index contributed by atoms with van der Waals surface area (Å²) in [6.45, 7) is 1.94. The molecule has 2 aromatic rings. The van der Waals surface area contributed by atoms with E-state index in [2.05, 4.69) is 9.97 Å². The molecule has 4 nitrogen and oxygen atoms in total. The highest BCUT2D eigenvalue weighted by molar-refractivity contribution is 7.98. The van der Waals surface area contributed by atoms with Crippen molar-refractivity contribution in [3.8, 4) is 0 Å². The van der Waals surface area contributed by atoms with Gasteiger partial charge in [-0.15, -0.1) is 11.3 Å². The molecule has 0 aliphatic carbocycles. The number of hydrogen-bond acceptors (Lipinski definition) is 5. The highest BCUT2D eigenvalue weighted by Gasteiger charge is 2.07. The summed E-state index contributed by atoms with van der Waals surface area (Å²) < 4.78 is 0. The molecule has 6 heteroatoms. The molecule has 0 unspecified atom stereocenters. The summed E-state index contributed by atoms with van der Waals surface area (Å²) in [6.07, 6.45) is 3.54. The number of rotatable bonds is 4. The van der Waals surface area contributed by atoms with Gasteiger partial charge in [0.05, 0.1) is 0 Å². The molecule has 0 saturated heterocycles. The van der Waals surface area contributed by atoms with E-state index in [9.17, 15) is 4.79 Å². The van der Waals surface area contributed by atoms with Gasteiger partial charge in [-0.05, 0) is 24.6 Å². The van der Waals surface area contributed by atoms with Gasteiger partial charge in [-0.25, -0.2) is 14.8 Å². The Labute approximate surface area is 107 Å². The number of aryl methyl sites for hydroxylation is 1. The van der Waals surface area contributed by atoms with Crippen molar-refractivity contribution in [1.82, 2.24) is 9.97 Å². The topological polar surface area (TPSA) is 63.1 Å². The Hall–Kier alpha value is -1.40. The molecule has 0 aromatic carbocycles. The number of thiophene rings is 1. The molecule has 0 atom stereocenters. The smallest absolute Gasteiger partial charge is 0.345 e. The molecular weight excluding hydrogens is 256 g/mol. The fourth-order valence-corrected chi connectivity index (χ4v) is 2.84. The van der Waals surface area contributed by atoms with Crippen LogP contribution in [0.1, 0.15) is 20.1 Å². The summed E-state index contributed by atoms with van der Waals surface area (Å²) in [7, 11) is 0. The van der Waals surface area contributed by atoms with Crippen LogP contribution in [0.5, 0.6) is 0 Å². The largest absolute Gasteiger partial charge is 0.477 e. The fraction of sp³-hybridized carbons (Fsp3) is 0.182. The molecule has 0 saturated carbocycles. The minimum Gasteiger partial charge on any atom is -0.477 e. The molecule has 0 aliphatic rings. The van der Waals surface area contributed by atoms with Crippen molar-refractivity contribution in [2.75, 3.05) is 0 Å². The fourth-order valence-electron chi connectivity index (χ4n) is 1.16. The van der Waals surface area contributed by atoms with Crippen LogP contribution in [0.15, 0.2) is 29.7 Å². The Kier molecular flexibility index (Phi) is 3.75. The van der Waals surface area contributed by atoms with Crippen LogP contribution in [0.4, 0.5) is 0 Å². The van der Waals surface area contributed by atoms with Crippen LogP contribution in [0.2, 0.25) is 0 Å². The molecule has 1 N–H and O–H groups in total. The maximum Gasteiger partial charge on any atom is 0.345 e. The first-order valence-electron chi connectivity index (χ1n) is 4.88. The molecule has 0 spiro atoms. The van der Waals surface area contributed by atoms with E-state index in [1.54, 1.807) is 18.5 Å². The second kappa shape index (κ2) is 5.29. The van der Waals surface area contributed by atoms with E-state index < -0.39 is 5.97 Å². The average molecular weight is 266 g/mol. The van der Waals surface area contributed by atoms with Gasteiger partial charge in [0.25, 0.3) is 0 Å². The maximum absolute atomic E-state index is 10.7. The molecule has 0 aliphatic heterocycles. The molecule has 0 fully saturated rings. The Bertz CT molecular complexity index is 523. The van der Waals surface area contributed by atoms with E-state index in [1.807, 2.05) is 13.0 Å². The number of carbonyl (C=O) groups is 1. The third kappa shape index (κ3) is 3.28. The Morgan fingerprint density at radius 1 is 1.41 bits per heavy atom. The third-order valence-electron chi connectivity index (χ3n) is 1.97. The van der Waals surface area contributed by atoms with Gasteiger partial charge in [0.15, 0.2) is 5.16 Å². The predicted octanol–water partition coefficient (Wildman–Crippen LogP) is 2.84. The lowest BCUT2D eigenvalue weighted by atomic mass is 10.4. The summed E-state index contributed by atoms with van der Waals surface area (Å²) in [6, 6.07) is 3.45. The van der Waals surface area contributed by atoms with Crippen molar-refractivity contribution in [3.05, 3.63) is 39.8 Å². The minimum absolute atomic E-state index is 0.366. The van der Waals surface area contributed by atoms with Gasteiger partial charge in [-0.2, -0.15) is 0 Å². The molecule has 0 amide bonds. The SMILES string of the molecule is Cc1cnc(SCc2ccc(C(=O)O)s2)nc1. The van der Waals surface area contributed by atoms with Gasteiger partial charge in [-0.1, -0.05) is 11.8 Å². The number of carboxylic acids is 1. The highest BCUT2D eigenvalue weighted by Crippen LogP contribution is 2.24. The first kappa shape index (κ1) is 12.1. The monoisotopic (exact) mass is 266 g/mol. The number of hydrogen-bond donors (Lipinski definition) is 1. The van der Waals surface area contributed by atoms with Crippen LogP contribution in [0, 0.1) is 6.92 Å². The zero-order chi connectivity index (χ0) is 12.3. The average Bonchev–Trinajstić information content (AvgIpc) is 2.77. The van der Waals surface area contributed by atoms with Gasteiger partial charge in [0.1, 0.15) is 4.88 Å². The van der Waals surface area contributed by atoms with Gasteiger partial charge in [0.2, 0.25) is 0 Å². The molecule has 2 rings (SSSR count). The van der Waals surface area contributed by atoms with Gasteiger partial charge < -0.3 is 5.11 Å². The minimum atomic E-state index is -0.877. The van der Waals surface area contributed by atoms with Crippen LogP contribution in [0.3, 0.4) is 0 Å². The predicted molar refractivity (Wildman–Crippen MR) is 67.6 cm³/mol. The summed E-state index contributed by atoms with van der Waals surface area (Å²) >= 11 is 2.79. The maximum atomic E-state index is 10.7. The van der Waals surface area contributed by atoms with Crippen LogP contribution in [0.25, 0.3) is 0 Å². The van der Waals surface area contributed by atoms with E-state index in [0.717, 1.165) is 10.4 Å². The Balaban J connectivity index is 1.97. The third-order valence-corrected chi connectivity index (χ3v) is 4.15. The van der Waals surface area contributed by atoms with E-state index >= 15 is 0 Å². The molecule has 0 bridgehead atoms. The van der Waals surface area contributed by atoms with Crippen molar-refractivity contribution < 1.29 is 9.90 Å². The molecule has 2 heterocycles. The number of aromatic carboxylic acids is 1. The zero-order valence-corrected chi connectivity index (χ0v) is 10.7. The lowest BCUT2D eigenvalue weighted by Gasteiger charge is -1.97. The number of nitrogens with zero attached hydrogens (tertiary/aromatic N) is 2. The first-order chi connectivity index (χ1) is 8.15. The van der Waals surface area contributed by atoms with E-state index in [1.165, 1.54) is 23.1 Å². The molecule has 0 radical (unpaired) electrons. The van der Waals surface area contributed by atoms with Gasteiger partial charge in [0, 0.05) is 23.0 Å². The van der Waals surface area contributed by atoms with Crippen LogP contribution < -0.4 is 0 Å². The normalized spacial score (nSPS) is 10.4. The van der Waals surface area contributed by atoms with E-state index in [0.29, 0.717) is 15.8 Å². The molecular formula is C11H10N2O2S2. The Morgan fingerprint density at radius 3 is 2.71 bits per heavy atom. The lowest BCUT2D eigenvalue weighted by Crippen LogP contribution is -1.89. The van der Waals surface area contributed by atoms with Crippen molar-refractivity contribution in [2.45, 2.75) is 17.8 Å². The second-order valence-corrected chi connectivity index (χ2v) is 5.51. The second-order valence-electron chi connectivity index (χ2n) is 3.40. The first-order valence-corrected chi connectivity index (χ1v) is 6.69.